The first kappa shape index (κ1) is 16.7. The van der Waals surface area contributed by atoms with Gasteiger partial charge in [0.1, 0.15) is 18.4 Å². The van der Waals surface area contributed by atoms with Crippen LogP contribution in [0.1, 0.15) is 28.9 Å². The summed E-state index contributed by atoms with van der Waals surface area (Å²) in [5.41, 5.74) is 2.52. The fourth-order valence-electron chi connectivity index (χ4n) is 2.62. The highest BCUT2D eigenvalue weighted by Crippen LogP contribution is 2.23. The molecule has 25 heavy (non-hydrogen) atoms. The van der Waals surface area contributed by atoms with E-state index in [-0.39, 0.29) is 11.9 Å². The molecule has 2 aromatic carbocycles. The number of nitrogens with zero attached hydrogens (tertiary/aromatic N) is 4. The normalized spacial score (nSPS) is 11.8. The molecule has 0 saturated carbocycles. The van der Waals surface area contributed by atoms with Gasteiger partial charge in [-0.2, -0.15) is 0 Å². The number of rotatable bonds is 5. The lowest BCUT2D eigenvalue weighted by molar-refractivity contribution is 0.0742. The van der Waals surface area contributed by atoms with Crippen molar-refractivity contribution in [3.8, 4) is 11.4 Å². The van der Waals surface area contributed by atoms with Gasteiger partial charge in [0.05, 0.1) is 13.2 Å². The summed E-state index contributed by atoms with van der Waals surface area (Å²) < 4.78 is 6.95. The van der Waals surface area contributed by atoms with E-state index in [1.807, 2.05) is 62.5 Å². The van der Waals surface area contributed by atoms with Crippen molar-refractivity contribution in [3.63, 3.8) is 0 Å². The average Bonchev–Trinajstić information content (AvgIpc) is 3.21. The van der Waals surface area contributed by atoms with Crippen LogP contribution in [-0.4, -0.2) is 39.7 Å². The van der Waals surface area contributed by atoms with Crippen LogP contribution in [0.2, 0.25) is 0 Å². The molecule has 0 aliphatic carbocycles. The van der Waals surface area contributed by atoms with E-state index in [0.29, 0.717) is 5.56 Å². The minimum Gasteiger partial charge on any atom is -0.497 e. The van der Waals surface area contributed by atoms with E-state index in [0.717, 1.165) is 17.0 Å². The molecule has 1 amide bonds. The maximum atomic E-state index is 12.9. The molecule has 0 fully saturated rings. The lowest BCUT2D eigenvalue weighted by atomic mass is 10.1. The van der Waals surface area contributed by atoms with Crippen LogP contribution in [0.5, 0.6) is 5.75 Å². The molecule has 1 atom stereocenters. The van der Waals surface area contributed by atoms with E-state index in [1.165, 1.54) is 0 Å². The van der Waals surface area contributed by atoms with Gasteiger partial charge >= 0.3 is 0 Å². The fourth-order valence-corrected chi connectivity index (χ4v) is 2.62. The van der Waals surface area contributed by atoms with Crippen molar-refractivity contribution >= 4 is 5.91 Å². The number of benzene rings is 2. The number of aromatic nitrogens is 3. The Morgan fingerprint density at radius 1 is 1.12 bits per heavy atom. The van der Waals surface area contributed by atoms with Gasteiger partial charge in [0.2, 0.25) is 0 Å². The Morgan fingerprint density at radius 2 is 1.80 bits per heavy atom. The molecule has 1 heterocycles. The molecule has 3 aromatic rings. The van der Waals surface area contributed by atoms with Gasteiger partial charge in [0.15, 0.2) is 0 Å². The van der Waals surface area contributed by atoms with Crippen molar-refractivity contribution in [2.45, 2.75) is 13.0 Å². The molecule has 0 radical (unpaired) electrons. The molecule has 1 aromatic heterocycles. The number of carbonyl (C=O) groups excluding carboxylic acids is 1. The molecule has 3 rings (SSSR count). The Bertz CT molecular complexity index is 844. The predicted molar refractivity (Wildman–Crippen MR) is 94.9 cm³/mol. The largest absolute Gasteiger partial charge is 0.497 e. The monoisotopic (exact) mass is 336 g/mol. The molecule has 0 spiro atoms. The average molecular weight is 336 g/mol. The quantitative estimate of drug-likeness (QED) is 0.718. The highest BCUT2D eigenvalue weighted by molar-refractivity contribution is 5.94. The second-order valence-corrected chi connectivity index (χ2v) is 5.78. The van der Waals surface area contributed by atoms with Gasteiger partial charge < -0.3 is 9.64 Å². The first-order valence-electron chi connectivity index (χ1n) is 7.96. The van der Waals surface area contributed by atoms with Gasteiger partial charge in [-0.05, 0) is 42.8 Å². The van der Waals surface area contributed by atoms with Crippen LogP contribution >= 0.6 is 0 Å². The molecule has 0 saturated heterocycles. The van der Waals surface area contributed by atoms with Gasteiger partial charge in [0.25, 0.3) is 5.91 Å². The highest BCUT2D eigenvalue weighted by Gasteiger charge is 2.19. The summed E-state index contributed by atoms with van der Waals surface area (Å²) in [4.78, 5) is 14.6. The van der Waals surface area contributed by atoms with Gasteiger partial charge in [-0.25, -0.2) is 0 Å². The second-order valence-electron chi connectivity index (χ2n) is 5.78. The lowest BCUT2D eigenvalue weighted by Gasteiger charge is -2.25. The van der Waals surface area contributed by atoms with Crippen LogP contribution in [0.15, 0.2) is 61.2 Å². The minimum absolute atomic E-state index is 0.0433. The Labute approximate surface area is 146 Å². The van der Waals surface area contributed by atoms with Crippen molar-refractivity contribution in [1.29, 1.82) is 0 Å². The van der Waals surface area contributed by atoms with Crippen LogP contribution in [0.4, 0.5) is 0 Å². The Balaban J connectivity index is 1.80. The van der Waals surface area contributed by atoms with E-state index >= 15 is 0 Å². The van der Waals surface area contributed by atoms with E-state index < -0.39 is 0 Å². The maximum absolute atomic E-state index is 12.9. The summed E-state index contributed by atoms with van der Waals surface area (Å²) in [6.45, 7) is 2.00. The third-order valence-corrected chi connectivity index (χ3v) is 4.31. The topological polar surface area (TPSA) is 60.2 Å². The van der Waals surface area contributed by atoms with E-state index in [4.69, 9.17) is 4.74 Å². The molecule has 0 bridgehead atoms. The van der Waals surface area contributed by atoms with Crippen molar-refractivity contribution in [3.05, 3.63) is 72.3 Å². The number of ether oxygens (including phenoxy) is 1. The third kappa shape index (κ3) is 3.52. The molecule has 1 unspecified atom stereocenters. The van der Waals surface area contributed by atoms with Crippen molar-refractivity contribution in [2.24, 2.45) is 0 Å². The van der Waals surface area contributed by atoms with E-state index in [9.17, 15) is 4.79 Å². The SMILES string of the molecule is COc1ccc(C(C)N(C)C(=O)c2cccc(-n3cnnc3)c2)cc1. The first-order valence-corrected chi connectivity index (χ1v) is 7.96. The molecular weight excluding hydrogens is 316 g/mol. The number of hydrogen-bond donors (Lipinski definition) is 0. The zero-order valence-corrected chi connectivity index (χ0v) is 14.5. The summed E-state index contributed by atoms with van der Waals surface area (Å²) >= 11 is 0. The zero-order valence-electron chi connectivity index (χ0n) is 14.5. The smallest absolute Gasteiger partial charge is 0.254 e. The summed E-state index contributed by atoms with van der Waals surface area (Å²) in [6, 6.07) is 15.1. The highest BCUT2D eigenvalue weighted by atomic mass is 16.5. The molecule has 0 aliphatic rings. The summed E-state index contributed by atoms with van der Waals surface area (Å²) in [5, 5.41) is 7.60. The predicted octanol–water partition coefficient (Wildman–Crippen LogP) is 3.11. The van der Waals surface area contributed by atoms with Crippen LogP contribution < -0.4 is 4.74 Å². The molecule has 128 valence electrons. The fraction of sp³-hybridized carbons (Fsp3) is 0.211. The Kier molecular flexibility index (Phi) is 4.79. The third-order valence-electron chi connectivity index (χ3n) is 4.31. The first-order chi connectivity index (χ1) is 12.1. The van der Waals surface area contributed by atoms with Gasteiger partial charge in [-0.3, -0.25) is 9.36 Å². The zero-order chi connectivity index (χ0) is 17.8. The Morgan fingerprint density at radius 3 is 2.44 bits per heavy atom. The molecule has 0 aliphatic heterocycles. The van der Waals surface area contributed by atoms with Gasteiger partial charge in [0, 0.05) is 18.3 Å². The Hall–Kier alpha value is -3.15. The number of carbonyl (C=O) groups is 1. The lowest BCUT2D eigenvalue weighted by Crippen LogP contribution is -2.29. The van der Waals surface area contributed by atoms with Crippen molar-refractivity contribution < 1.29 is 9.53 Å². The number of amides is 1. The molecule has 6 nitrogen and oxygen atoms in total. The van der Waals surface area contributed by atoms with Crippen molar-refractivity contribution in [2.75, 3.05) is 14.2 Å². The van der Waals surface area contributed by atoms with Gasteiger partial charge in [-0.1, -0.05) is 18.2 Å². The van der Waals surface area contributed by atoms with E-state index in [1.54, 1.807) is 29.2 Å². The molecule has 0 N–H and O–H groups in total. The number of methoxy groups -OCH3 is 1. The minimum atomic E-state index is -0.0584. The molecular formula is C19H20N4O2. The van der Waals surface area contributed by atoms with Crippen LogP contribution in [0.25, 0.3) is 5.69 Å². The van der Waals surface area contributed by atoms with Crippen molar-refractivity contribution in [1.82, 2.24) is 19.7 Å². The van der Waals surface area contributed by atoms with E-state index in [2.05, 4.69) is 10.2 Å². The molecule has 6 heteroatoms. The maximum Gasteiger partial charge on any atom is 0.254 e. The second kappa shape index (κ2) is 7.17. The summed E-state index contributed by atoms with van der Waals surface area (Å²) in [5.74, 6) is 0.754. The van der Waals surface area contributed by atoms with Crippen LogP contribution in [0.3, 0.4) is 0 Å². The number of hydrogen-bond acceptors (Lipinski definition) is 4. The summed E-state index contributed by atoms with van der Waals surface area (Å²) in [6.07, 6.45) is 3.21. The van der Waals surface area contributed by atoms with Crippen LogP contribution in [0, 0.1) is 0 Å². The van der Waals surface area contributed by atoms with Gasteiger partial charge in [-0.15, -0.1) is 10.2 Å². The summed E-state index contributed by atoms with van der Waals surface area (Å²) in [7, 11) is 3.44. The standard InChI is InChI=1S/C19H20N4O2/c1-14(15-7-9-18(25-3)10-8-15)22(2)19(24)16-5-4-6-17(11-16)23-12-20-21-13-23/h4-14H,1-3H3. The van der Waals surface area contributed by atoms with Crippen LogP contribution in [-0.2, 0) is 0 Å².